The average Bonchev–Trinajstić information content (AvgIpc) is 2.73. The van der Waals surface area contributed by atoms with Gasteiger partial charge in [0, 0.05) is 6.04 Å². The van der Waals surface area contributed by atoms with Crippen molar-refractivity contribution in [2.75, 3.05) is 27.9 Å². The summed E-state index contributed by atoms with van der Waals surface area (Å²) >= 11 is 3.73. The van der Waals surface area contributed by atoms with Crippen LogP contribution in [0.15, 0.2) is 28.7 Å². The van der Waals surface area contributed by atoms with Crippen molar-refractivity contribution in [1.29, 1.82) is 0 Å². The van der Waals surface area contributed by atoms with E-state index in [0.29, 0.717) is 0 Å². The van der Waals surface area contributed by atoms with E-state index in [0.717, 1.165) is 52.4 Å². The molecule has 2 aromatic carbocycles. The van der Waals surface area contributed by atoms with Gasteiger partial charge in [-0.15, -0.1) is 0 Å². The predicted octanol–water partition coefficient (Wildman–Crippen LogP) is 6.29. The fourth-order valence-electron chi connectivity index (χ4n) is 3.81. The Kier molecular flexibility index (Phi) is 7.52. The van der Waals surface area contributed by atoms with E-state index in [2.05, 4.69) is 73.3 Å². The molecule has 1 aliphatic rings. The van der Waals surface area contributed by atoms with Gasteiger partial charge in [0.15, 0.2) is 17.2 Å². The summed E-state index contributed by atoms with van der Waals surface area (Å²) in [6.45, 7) is 12.2. The molecule has 0 aromatic heterocycles. The van der Waals surface area contributed by atoms with Crippen molar-refractivity contribution in [2.45, 2.75) is 57.8 Å². The second-order valence-corrected chi connectivity index (χ2v) is 15.3. The van der Waals surface area contributed by atoms with E-state index in [9.17, 15) is 0 Å². The lowest BCUT2D eigenvalue weighted by molar-refractivity contribution is 0.352. The number of halogens is 1. The minimum atomic E-state index is -2.00. The Morgan fingerprint density at radius 1 is 1.00 bits per heavy atom. The minimum Gasteiger partial charge on any atom is -0.541 e. The largest absolute Gasteiger partial charge is 0.541 e. The molecular formula is C25H36BrNO4Si. The summed E-state index contributed by atoms with van der Waals surface area (Å²) in [5.74, 6) is 3.10. The fourth-order valence-corrected chi connectivity index (χ4v) is 5.47. The molecule has 1 atom stereocenters. The van der Waals surface area contributed by atoms with Gasteiger partial charge in [-0.3, -0.25) is 0 Å². The molecule has 0 spiro atoms. The Hall–Kier alpha value is -1.70. The van der Waals surface area contributed by atoms with Crippen molar-refractivity contribution in [1.82, 2.24) is 5.32 Å². The Balaban J connectivity index is 1.99. The van der Waals surface area contributed by atoms with Crippen LogP contribution in [-0.4, -0.2) is 36.2 Å². The first-order chi connectivity index (χ1) is 15.0. The van der Waals surface area contributed by atoms with Crippen LogP contribution < -0.4 is 24.0 Å². The van der Waals surface area contributed by atoms with Crippen molar-refractivity contribution < 1.29 is 18.6 Å². The molecule has 3 rings (SSSR count). The summed E-state index contributed by atoms with van der Waals surface area (Å²) in [7, 11) is 3.03. The Bertz CT molecular complexity index is 971. The molecule has 0 fully saturated rings. The second kappa shape index (κ2) is 9.65. The SMILES string of the molecule is COc1cc2c(cc1O[Si](C)(C)C(C)(C)C)[C@@H](Cc1ccc(OC)c(OC)c1Br)NCC2. The third-order valence-corrected chi connectivity index (χ3v) is 12.0. The molecule has 0 aliphatic carbocycles. The lowest BCUT2D eigenvalue weighted by Gasteiger charge is -2.37. The maximum Gasteiger partial charge on any atom is 0.250 e. The molecule has 0 radical (unpaired) electrons. The molecule has 5 nitrogen and oxygen atoms in total. The zero-order valence-electron chi connectivity index (χ0n) is 20.5. The smallest absolute Gasteiger partial charge is 0.250 e. The molecule has 1 N–H and O–H groups in total. The van der Waals surface area contributed by atoms with Crippen LogP contribution in [-0.2, 0) is 12.8 Å². The Morgan fingerprint density at radius 2 is 1.69 bits per heavy atom. The highest BCUT2D eigenvalue weighted by atomic mass is 79.9. The van der Waals surface area contributed by atoms with E-state index in [1.54, 1.807) is 21.3 Å². The van der Waals surface area contributed by atoms with E-state index in [-0.39, 0.29) is 11.1 Å². The quantitative estimate of drug-likeness (QED) is 0.434. The highest BCUT2D eigenvalue weighted by Gasteiger charge is 2.40. The summed E-state index contributed by atoms with van der Waals surface area (Å²) in [4.78, 5) is 0. The molecule has 0 saturated heterocycles. The number of benzene rings is 2. The minimum absolute atomic E-state index is 0.107. The number of ether oxygens (including phenoxy) is 3. The van der Waals surface area contributed by atoms with Gasteiger partial charge in [0.05, 0.1) is 25.8 Å². The lowest BCUT2D eigenvalue weighted by Crippen LogP contribution is -2.44. The van der Waals surface area contributed by atoms with Gasteiger partial charge >= 0.3 is 0 Å². The standard InChI is InChI=1S/C25H36BrNO4Si/c1-25(2,3)32(7,8)31-22-15-18-16(14-21(22)29-5)11-12-27-19(18)13-17-9-10-20(28-4)24(30-6)23(17)26/h9-10,14-15,19,27H,11-13H2,1-8H3/t19-/m1/s1. The Labute approximate surface area is 202 Å². The van der Waals surface area contributed by atoms with Crippen LogP contribution in [0, 0.1) is 0 Å². The summed E-state index contributed by atoms with van der Waals surface area (Å²) in [5.41, 5.74) is 3.74. The normalized spacial score (nSPS) is 16.3. The zero-order valence-corrected chi connectivity index (χ0v) is 23.1. The van der Waals surface area contributed by atoms with Gasteiger partial charge in [0.25, 0.3) is 8.32 Å². The first kappa shape index (κ1) is 24.9. The first-order valence-corrected chi connectivity index (χ1v) is 14.7. The Morgan fingerprint density at radius 3 is 2.28 bits per heavy atom. The van der Waals surface area contributed by atoms with Crippen molar-refractivity contribution in [3.63, 3.8) is 0 Å². The third-order valence-electron chi connectivity index (χ3n) is 6.75. The molecule has 0 unspecified atom stereocenters. The first-order valence-electron chi connectivity index (χ1n) is 11.0. The van der Waals surface area contributed by atoms with Crippen molar-refractivity contribution in [3.05, 3.63) is 45.4 Å². The van der Waals surface area contributed by atoms with Gasteiger partial charge in [-0.25, -0.2) is 0 Å². The monoisotopic (exact) mass is 521 g/mol. The fraction of sp³-hybridized carbons (Fsp3) is 0.520. The topological polar surface area (TPSA) is 49.0 Å². The molecule has 2 aromatic rings. The highest BCUT2D eigenvalue weighted by molar-refractivity contribution is 9.10. The number of nitrogens with one attached hydrogen (secondary N) is 1. The van der Waals surface area contributed by atoms with Gasteiger partial charge in [0.1, 0.15) is 5.75 Å². The van der Waals surface area contributed by atoms with E-state index >= 15 is 0 Å². The summed E-state index contributed by atoms with van der Waals surface area (Å²) in [6.07, 6.45) is 1.79. The maximum atomic E-state index is 6.68. The second-order valence-electron chi connectivity index (χ2n) is 9.80. The van der Waals surface area contributed by atoms with Crippen LogP contribution in [0.1, 0.15) is 43.5 Å². The van der Waals surface area contributed by atoms with Crippen LogP contribution >= 0.6 is 15.9 Å². The van der Waals surface area contributed by atoms with Gasteiger partial charge in [-0.2, -0.15) is 0 Å². The highest BCUT2D eigenvalue weighted by Crippen LogP contribution is 2.44. The molecule has 7 heteroatoms. The number of hydrogen-bond donors (Lipinski definition) is 1. The number of rotatable bonds is 7. The lowest BCUT2D eigenvalue weighted by atomic mass is 9.89. The van der Waals surface area contributed by atoms with Crippen LogP contribution in [0.3, 0.4) is 0 Å². The maximum absolute atomic E-state index is 6.68. The van der Waals surface area contributed by atoms with E-state index in [4.69, 9.17) is 18.6 Å². The molecular weight excluding hydrogens is 486 g/mol. The molecule has 0 saturated carbocycles. The predicted molar refractivity (Wildman–Crippen MR) is 136 cm³/mol. The molecule has 32 heavy (non-hydrogen) atoms. The van der Waals surface area contributed by atoms with Gasteiger partial charge in [-0.05, 0) is 88.3 Å². The third kappa shape index (κ3) is 4.95. The van der Waals surface area contributed by atoms with Gasteiger partial charge in [-0.1, -0.05) is 26.8 Å². The number of methoxy groups -OCH3 is 3. The van der Waals surface area contributed by atoms with E-state index in [1.165, 1.54) is 11.1 Å². The summed E-state index contributed by atoms with van der Waals surface area (Å²) < 4.78 is 24.4. The van der Waals surface area contributed by atoms with Gasteiger partial charge in [0.2, 0.25) is 0 Å². The molecule has 0 amide bonds. The van der Waals surface area contributed by atoms with Crippen molar-refractivity contribution >= 4 is 24.2 Å². The summed E-state index contributed by atoms with van der Waals surface area (Å²) in [5, 5.41) is 3.80. The molecule has 176 valence electrons. The zero-order chi connectivity index (χ0) is 23.7. The van der Waals surface area contributed by atoms with E-state index in [1.807, 2.05) is 6.07 Å². The molecule has 1 heterocycles. The van der Waals surface area contributed by atoms with Crippen molar-refractivity contribution in [3.8, 4) is 23.0 Å². The van der Waals surface area contributed by atoms with Crippen LogP contribution in [0.4, 0.5) is 0 Å². The van der Waals surface area contributed by atoms with Crippen LogP contribution in [0.25, 0.3) is 0 Å². The summed E-state index contributed by atoms with van der Waals surface area (Å²) in [6, 6.07) is 8.58. The van der Waals surface area contributed by atoms with Crippen molar-refractivity contribution in [2.24, 2.45) is 0 Å². The van der Waals surface area contributed by atoms with Crippen LogP contribution in [0.2, 0.25) is 18.1 Å². The molecule has 0 bridgehead atoms. The van der Waals surface area contributed by atoms with E-state index < -0.39 is 8.32 Å². The molecule has 1 aliphatic heterocycles. The van der Waals surface area contributed by atoms with Crippen LogP contribution in [0.5, 0.6) is 23.0 Å². The average molecular weight is 523 g/mol. The van der Waals surface area contributed by atoms with Gasteiger partial charge < -0.3 is 24.0 Å². The number of hydrogen-bond acceptors (Lipinski definition) is 5. The number of fused-ring (bicyclic) bond motifs is 1.